The Morgan fingerprint density at radius 3 is 2.69 bits per heavy atom. The summed E-state index contributed by atoms with van der Waals surface area (Å²) in [6.07, 6.45) is -1.06. The molecule has 2 atom stereocenters. The molecule has 0 bridgehead atoms. The molecule has 0 aromatic heterocycles. The molecule has 154 valence electrons. The SMILES string of the molecule is NSC1CCCC[C@@H]1C(=O)Nc1cc(C(F)(F)F)cc2c1Nc1ccccc1S2. The van der Waals surface area contributed by atoms with Gasteiger partial charge in [0.05, 0.1) is 28.5 Å². The second-order valence-electron chi connectivity index (χ2n) is 7.17. The average Bonchev–Trinajstić information content (AvgIpc) is 2.71. The van der Waals surface area contributed by atoms with E-state index >= 15 is 0 Å². The van der Waals surface area contributed by atoms with Gasteiger partial charge in [-0.25, -0.2) is 0 Å². The summed E-state index contributed by atoms with van der Waals surface area (Å²) in [6.45, 7) is 0. The van der Waals surface area contributed by atoms with Crippen molar-refractivity contribution >= 4 is 46.7 Å². The number of alkyl halides is 3. The predicted molar refractivity (Wildman–Crippen MR) is 111 cm³/mol. The number of anilines is 3. The molecule has 1 fully saturated rings. The maximum Gasteiger partial charge on any atom is 0.416 e. The third kappa shape index (κ3) is 4.22. The normalized spacial score (nSPS) is 21.0. The Balaban J connectivity index is 1.70. The molecule has 4 rings (SSSR count). The first-order chi connectivity index (χ1) is 13.9. The molecule has 1 aliphatic heterocycles. The summed E-state index contributed by atoms with van der Waals surface area (Å²) in [6, 6.07) is 9.52. The zero-order valence-electron chi connectivity index (χ0n) is 15.4. The highest BCUT2D eigenvalue weighted by Crippen LogP contribution is 2.49. The lowest BCUT2D eigenvalue weighted by molar-refractivity contribution is -0.137. The lowest BCUT2D eigenvalue weighted by Gasteiger charge is -2.30. The van der Waals surface area contributed by atoms with Crippen LogP contribution in [0.1, 0.15) is 31.2 Å². The number of carbonyl (C=O) groups excluding carboxylic acids is 1. The maximum absolute atomic E-state index is 13.5. The van der Waals surface area contributed by atoms with Crippen molar-refractivity contribution in [3.05, 3.63) is 42.0 Å². The molecule has 0 spiro atoms. The minimum absolute atomic E-state index is 0.0200. The van der Waals surface area contributed by atoms with E-state index in [0.29, 0.717) is 17.0 Å². The summed E-state index contributed by atoms with van der Waals surface area (Å²) >= 11 is 2.42. The third-order valence-electron chi connectivity index (χ3n) is 5.27. The quantitative estimate of drug-likeness (QED) is 0.436. The number of fused-ring (bicyclic) bond motifs is 2. The molecule has 1 unspecified atom stereocenters. The van der Waals surface area contributed by atoms with Gasteiger partial charge in [0, 0.05) is 15.0 Å². The van der Waals surface area contributed by atoms with Gasteiger partial charge in [0.15, 0.2) is 0 Å². The van der Waals surface area contributed by atoms with Crippen LogP contribution in [0.5, 0.6) is 0 Å². The van der Waals surface area contributed by atoms with Crippen molar-refractivity contribution in [1.29, 1.82) is 0 Å². The van der Waals surface area contributed by atoms with E-state index in [4.69, 9.17) is 5.14 Å². The highest BCUT2D eigenvalue weighted by Gasteiger charge is 2.35. The standard InChI is InChI=1S/C20H20F3N3OS2/c21-20(22,23)11-9-14(26-19(27)12-5-1-3-7-15(12)29-24)18-17(10-11)28-16-8-4-2-6-13(16)25-18/h2,4,6,8-10,12,15,25H,1,3,5,7,24H2,(H,26,27)/t12-,15?/m0/s1. The third-order valence-corrected chi connectivity index (χ3v) is 7.30. The highest BCUT2D eigenvalue weighted by molar-refractivity contribution is 7.99. The van der Waals surface area contributed by atoms with Crippen LogP contribution >= 0.6 is 23.7 Å². The van der Waals surface area contributed by atoms with Gasteiger partial charge >= 0.3 is 6.18 Å². The first-order valence-corrected chi connectivity index (χ1v) is 11.1. The van der Waals surface area contributed by atoms with Crippen molar-refractivity contribution in [3.63, 3.8) is 0 Å². The van der Waals surface area contributed by atoms with Gasteiger partial charge in [-0.15, -0.1) is 0 Å². The Morgan fingerprint density at radius 1 is 1.17 bits per heavy atom. The fourth-order valence-corrected chi connectivity index (χ4v) is 5.60. The van der Waals surface area contributed by atoms with Crippen LogP contribution in [0, 0.1) is 5.92 Å². The van der Waals surface area contributed by atoms with Crippen molar-refractivity contribution in [1.82, 2.24) is 0 Å². The summed E-state index contributed by atoms with van der Waals surface area (Å²) in [5.74, 6) is -0.590. The number of nitrogens with two attached hydrogens (primary N) is 1. The summed E-state index contributed by atoms with van der Waals surface area (Å²) in [5, 5.41) is 11.7. The van der Waals surface area contributed by atoms with E-state index in [9.17, 15) is 18.0 Å². The van der Waals surface area contributed by atoms with Gasteiger partial charge in [-0.3, -0.25) is 9.93 Å². The zero-order chi connectivity index (χ0) is 20.6. The van der Waals surface area contributed by atoms with Crippen LogP contribution in [0.3, 0.4) is 0 Å². The van der Waals surface area contributed by atoms with E-state index in [1.165, 1.54) is 11.8 Å². The Labute approximate surface area is 175 Å². The second-order valence-corrected chi connectivity index (χ2v) is 9.13. The smallest absolute Gasteiger partial charge is 0.352 e. The van der Waals surface area contributed by atoms with Crippen molar-refractivity contribution in [2.24, 2.45) is 11.1 Å². The topological polar surface area (TPSA) is 67.2 Å². The zero-order valence-corrected chi connectivity index (χ0v) is 17.0. The molecule has 2 aromatic rings. The number of rotatable bonds is 3. The van der Waals surface area contributed by atoms with Gasteiger partial charge in [-0.2, -0.15) is 13.2 Å². The number of carbonyl (C=O) groups is 1. The minimum atomic E-state index is -4.51. The molecule has 1 heterocycles. The Kier molecular flexibility index (Phi) is 5.72. The largest absolute Gasteiger partial charge is 0.416 e. The highest BCUT2D eigenvalue weighted by atomic mass is 32.2. The van der Waals surface area contributed by atoms with Gasteiger partial charge in [-0.05, 0) is 37.1 Å². The molecule has 1 amide bonds. The molecule has 29 heavy (non-hydrogen) atoms. The first-order valence-electron chi connectivity index (χ1n) is 9.32. The lowest BCUT2D eigenvalue weighted by Crippen LogP contribution is -2.34. The van der Waals surface area contributed by atoms with Crippen molar-refractivity contribution in [2.75, 3.05) is 10.6 Å². The molecule has 2 aromatic carbocycles. The van der Waals surface area contributed by atoms with E-state index in [-0.39, 0.29) is 22.8 Å². The van der Waals surface area contributed by atoms with Gasteiger partial charge < -0.3 is 10.6 Å². The molecule has 0 radical (unpaired) electrons. The van der Waals surface area contributed by atoms with Crippen molar-refractivity contribution in [3.8, 4) is 0 Å². The van der Waals surface area contributed by atoms with Crippen LogP contribution in [0.15, 0.2) is 46.2 Å². The molecule has 0 saturated heterocycles. The van der Waals surface area contributed by atoms with Crippen LogP contribution in [0.4, 0.5) is 30.2 Å². The molecule has 9 heteroatoms. The molecule has 1 aliphatic carbocycles. The number of nitrogens with one attached hydrogen (secondary N) is 2. The Bertz CT molecular complexity index is 936. The first kappa shape index (κ1) is 20.4. The lowest BCUT2D eigenvalue weighted by atomic mass is 9.88. The van der Waals surface area contributed by atoms with E-state index < -0.39 is 11.7 Å². The summed E-state index contributed by atoms with van der Waals surface area (Å²) in [7, 11) is 0. The van der Waals surface area contributed by atoms with Crippen LogP contribution in [-0.4, -0.2) is 11.2 Å². The molecular formula is C20H20F3N3OS2. The summed E-state index contributed by atoms with van der Waals surface area (Å²) < 4.78 is 40.4. The molecule has 1 saturated carbocycles. The monoisotopic (exact) mass is 439 g/mol. The van der Waals surface area contributed by atoms with Gasteiger partial charge in [0.25, 0.3) is 0 Å². The van der Waals surface area contributed by atoms with Crippen molar-refractivity contribution in [2.45, 2.75) is 46.9 Å². The van der Waals surface area contributed by atoms with Crippen LogP contribution < -0.4 is 15.8 Å². The summed E-state index contributed by atoms with van der Waals surface area (Å²) in [5.41, 5.74) is 0.651. The molecule has 4 nitrogen and oxygen atoms in total. The van der Waals surface area contributed by atoms with E-state index in [1.807, 2.05) is 24.3 Å². The van der Waals surface area contributed by atoms with E-state index in [1.54, 1.807) is 0 Å². The number of para-hydroxylation sites is 1. The number of benzene rings is 2. The van der Waals surface area contributed by atoms with E-state index in [2.05, 4.69) is 10.6 Å². The van der Waals surface area contributed by atoms with Gasteiger partial charge in [-0.1, -0.05) is 48.7 Å². The fraction of sp³-hybridized carbons (Fsp3) is 0.350. The second kappa shape index (κ2) is 8.12. The van der Waals surface area contributed by atoms with E-state index in [0.717, 1.165) is 53.9 Å². The Hall–Kier alpha value is -1.84. The molecule has 2 aliphatic rings. The van der Waals surface area contributed by atoms with Crippen molar-refractivity contribution < 1.29 is 18.0 Å². The number of amides is 1. The predicted octanol–water partition coefficient (Wildman–Crippen LogP) is 6.02. The average molecular weight is 440 g/mol. The molecular weight excluding hydrogens is 419 g/mol. The van der Waals surface area contributed by atoms with Crippen LogP contribution in [-0.2, 0) is 11.0 Å². The van der Waals surface area contributed by atoms with Gasteiger partial charge in [0.1, 0.15) is 0 Å². The number of hydrogen-bond acceptors (Lipinski definition) is 5. The fourth-order valence-electron chi connectivity index (χ4n) is 3.78. The number of halogens is 3. The Morgan fingerprint density at radius 2 is 1.93 bits per heavy atom. The minimum Gasteiger partial charge on any atom is -0.352 e. The van der Waals surface area contributed by atoms with Gasteiger partial charge in [0.2, 0.25) is 5.91 Å². The summed E-state index contributed by atoms with van der Waals surface area (Å²) in [4.78, 5) is 14.2. The molecule has 4 N–H and O–H groups in total. The maximum atomic E-state index is 13.5. The van der Waals surface area contributed by atoms with Crippen LogP contribution in [0.2, 0.25) is 0 Å². The number of hydrogen-bond donors (Lipinski definition) is 3. The van der Waals surface area contributed by atoms with Crippen LogP contribution in [0.25, 0.3) is 0 Å².